The molecule has 0 spiro atoms. The van der Waals surface area contributed by atoms with Crippen LogP contribution in [0.5, 0.6) is 0 Å². The van der Waals surface area contributed by atoms with Crippen LogP contribution in [0.25, 0.3) is 0 Å². The molecule has 132 valence electrons. The molecule has 0 aliphatic rings. The Bertz CT molecular complexity index is 297. The summed E-state index contributed by atoms with van der Waals surface area (Å²) in [7, 11) is 0. The number of carbonyl (C=O) groups is 2. The van der Waals surface area contributed by atoms with Gasteiger partial charge in [-0.05, 0) is 32.6 Å². The van der Waals surface area contributed by atoms with E-state index in [0.29, 0.717) is 6.42 Å². The maximum absolute atomic E-state index is 10.7. The first-order valence-electron chi connectivity index (χ1n) is 8.65. The third kappa shape index (κ3) is 12.7. The van der Waals surface area contributed by atoms with E-state index in [9.17, 15) is 9.59 Å². The zero-order valence-corrected chi connectivity index (χ0v) is 15.2. The molecule has 4 heteroatoms. The Morgan fingerprint density at radius 3 is 1.82 bits per heavy atom. The summed E-state index contributed by atoms with van der Waals surface area (Å²) in [5.74, 6) is -1.11. The van der Waals surface area contributed by atoms with E-state index in [1.807, 2.05) is 6.92 Å². The zero-order chi connectivity index (χ0) is 17.6. The predicted molar refractivity (Wildman–Crippen MR) is 91.1 cm³/mol. The lowest BCUT2D eigenvalue weighted by Gasteiger charge is -2.26. The molecule has 0 heterocycles. The zero-order valence-electron chi connectivity index (χ0n) is 15.2. The van der Waals surface area contributed by atoms with E-state index >= 15 is 0 Å². The summed E-state index contributed by atoms with van der Waals surface area (Å²) in [6.07, 6.45) is 9.29. The highest BCUT2D eigenvalue weighted by atomic mass is 16.4. The van der Waals surface area contributed by atoms with E-state index in [4.69, 9.17) is 10.2 Å². The van der Waals surface area contributed by atoms with Crippen molar-refractivity contribution in [3.63, 3.8) is 0 Å². The van der Waals surface area contributed by atoms with Gasteiger partial charge in [-0.2, -0.15) is 0 Å². The molecule has 0 aromatic rings. The van der Waals surface area contributed by atoms with Crippen molar-refractivity contribution >= 4 is 11.9 Å². The number of unbranched alkanes of at least 4 members (excludes halogenated alkanes) is 5. The third-order valence-electron chi connectivity index (χ3n) is 4.25. The highest BCUT2D eigenvalue weighted by Crippen LogP contribution is 2.29. The van der Waals surface area contributed by atoms with Gasteiger partial charge in [0.05, 0.1) is 5.41 Å². The summed E-state index contributed by atoms with van der Waals surface area (Å²) in [6, 6.07) is 0. The maximum atomic E-state index is 10.7. The lowest BCUT2D eigenvalue weighted by molar-refractivity contribution is -0.149. The first-order chi connectivity index (χ1) is 10.2. The minimum atomic E-state index is -0.696. The fourth-order valence-corrected chi connectivity index (χ4v) is 2.06. The average Bonchev–Trinajstić information content (AvgIpc) is 2.43. The molecule has 0 fully saturated rings. The van der Waals surface area contributed by atoms with Gasteiger partial charge >= 0.3 is 11.9 Å². The van der Waals surface area contributed by atoms with Gasteiger partial charge in [0.25, 0.3) is 0 Å². The number of aliphatic carboxylic acids is 2. The Morgan fingerprint density at radius 1 is 0.909 bits per heavy atom. The van der Waals surface area contributed by atoms with E-state index in [1.165, 1.54) is 25.7 Å². The van der Waals surface area contributed by atoms with Crippen LogP contribution in [-0.4, -0.2) is 22.2 Å². The van der Waals surface area contributed by atoms with Gasteiger partial charge in [-0.1, -0.05) is 59.3 Å². The van der Waals surface area contributed by atoms with Gasteiger partial charge in [-0.25, -0.2) is 0 Å². The molecule has 0 rings (SSSR count). The van der Waals surface area contributed by atoms with Crippen molar-refractivity contribution in [1.82, 2.24) is 0 Å². The molecule has 0 aliphatic heterocycles. The van der Waals surface area contributed by atoms with Gasteiger partial charge in [0.15, 0.2) is 0 Å². The number of carboxylic acids is 2. The van der Waals surface area contributed by atoms with Gasteiger partial charge in [-0.15, -0.1) is 0 Å². The molecular formula is C18H36O4. The summed E-state index contributed by atoms with van der Waals surface area (Å²) >= 11 is 0. The molecule has 1 atom stereocenters. The second kappa shape index (κ2) is 13.6. The van der Waals surface area contributed by atoms with Crippen LogP contribution in [0, 0.1) is 11.3 Å². The highest BCUT2D eigenvalue weighted by Gasteiger charge is 2.32. The molecule has 0 radical (unpaired) electrons. The quantitative estimate of drug-likeness (QED) is 0.503. The van der Waals surface area contributed by atoms with Crippen LogP contribution in [0.15, 0.2) is 0 Å². The van der Waals surface area contributed by atoms with Crippen molar-refractivity contribution in [2.45, 2.75) is 92.4 Å². The van der Waals surface area contributed by atoms with Crippen LogP contribution >= 0.6 is 0 Å². The smallest absolute Gasteiger partial charge is 0.309 e. The molecule has 2 N–H and O–H groups in total. The summed E-state index contributed by atoms with van der Waals surface area (Å²) in [4.78, 5) is 20.8. The summed E-state index contributed by atoms with van der Waals surface area (Å²) in [5.41, 5.74) is -0.573. The predicted octanol–water partition coefficient (Wildman–Crippen LogP) is 5.36. The fourth-order valence-electron chi connectivity index (χ4n) is 2.06. The SMILES string of the molecule is CCCC(C)C(C)(C)C(=O)O.CCCCCCCCC(=O)O. The first-order valence-corrected chi connectivity index (χ1v) is 8.65. The second-order valence-corrected chi connectivity index (χ2v) is 6.63. The van der Waals surface area contributed by atoms with Gasteiger partial charge in [-0.3, -0.25) is 9.59 Å². The van der Waals surface area contributed by atoms with Crippen molar-refractivity contribution in [1.29, 1.82) is 0 Å². The monoisotopic (exact) mass is 316 g/mol. The number of rotatable bonds is 11. The number of carboxylic acid groups (broad SMARTS) is 2. The van der Waals surface area contributed by atoms with Crippen LogP contribution in [0.2, 0.25) is 0 Å². The second-order valence-electron chi connectivity index (χ2n) is 6.63. The minimum Gasteiger partial charge on any atom is -0.481 e. The van der Waals surface area contributed by atoms with Crippen LogP contribution in [0.3, 0.4) is 0 Å². The standard InChI is InChI=1S/2C9H18O2/c1-5-6-7(2)9(3,4)8(10)11;1-2-3-4-5-6-7-8-9(10)11/h7H,5-6H2,1-4H3,(H,10,11);2-8H2,1H3,(H,10,11). The van der Waals surface area contributed by atoms with Crippen molar-refractivity contribution in [2.75, 3.05) is 0 Å². The van der Waals surface area contributed by atoms with Gasteiger partial charge in [0.1, 0.15) is 0 Å². The van der Waals surface area contributed by atoms with Gasteiger partial charge in [0.2, 0.25) is 0 Å². The van der Waals surface area contributed by atoms with E-state index in [2.05, 4.69) is 13.8 Å². The minimum absolute atomic E-state index is 0.255. The van der Waals surface area contributed by atoms with Crippen LogP contribution in [0.4, 0.5) is 0 Å². The van der Waals surface area contributed by atoms with E-state index in [1.54, 1.807) is 13.8 Å². The molecule has 0 saturated heterocycles. The molecule has 4 nitrogen and oxygen atoms in total. The van der Waals surface area contributed by atoms with Gasteiger partial charge in [0, 0.05) is 6.42 Å². The third-order valence-corrected chi connectivity index (χ3v) is 4.25. The van der Waals surface area contributed by atoms with E-state index in [0.717, 1.165) is 25.7 Å². The van der Waals surface area contributed by atoms with Crippen molar-refractivity contribution < 1.29 is 19.8 Å². The molecule has 22 heavy (non-hydrogen) atoms. The normalized spacial score (nSPS) is 12.2. The molecular weight excluding hydrogens is 280 g/mol. The Balaban J connectivity index is 0. The topological polar surface area (TPSA) is 74.6 Å². The van der Waals surface area contributed by atoms with Crippen molar-refractivity contribution in [2.24, 2.45) is 11.3 Å². The maximum Gasteiger partial charge on any atom is 0.309 e. The Kier molecular flexibility index (Phi) is 14.3. The molecule has 0 saturated carbocycles. The Hall–Kier alpha value is -1.06. The summed E-state index contributed by atoms with van der Waals surface area (Å²) in [6.45, 7) is 9.83. The average molecular weight is 316 g/mol. The molecule has 0 aromatic heterocycles. The van der Waals surface area contributed by atoms with Crippen LogP contribution in [0.1, 0.15) is 92.4 Å². The van der Waals surface area contributed by atoms with Crippen LogP contribution in [-0.2, 0) is 9.59 Å². The fraction of sp³-hybridized carbons (Fsp3) is 0.889. The lowest BCUT2D eigenvalue weighted by atomic mass is 9.78. The molecule has 0 bridgehead atoms. The van der Waals surface area contributed by atoms with Crippen molar-refractivity contribution in [3.05, 3.63) is 0 Å². The van der Waals surface area contributed by atoms with Crippen LogP contribution < -0.4 is 0 Å². The number of hydrogen-bond donors (Lipinski definition) is 2. The molecule has 0 aliphatic carbocycles. The summed E-state index contributed by atoms with van der Waals surface area (Å²) in [5, 5.41) is 17.2. The summed E-state index contributed by atoms with van der Waals surface area (Å²) < 4.78 is 0. The lowest BCUT2D eigenvalue weighted by Crippen LogP contribution is -2.30. The molecule has 1 unspecified atom stereocenters. The molecule has 0 amide bonds. The van der Waals surface area contributed by atoms with E-state index < -0.39 is 17.4 Å². The molecule has 0 aromatic carbocycles. The Labute approximate surface area is 136 Å². The van der Waals surface area contributed by atoms with Gasteiger partial charge < -0.3 is 10.2 Å². The van der Waals surface area contributed by atoms with Crippen molar-refractivity contribution in [3.8, 4) is 0 Å². The Morgan fingerprint density at radius 2 is 1.41 bits per heavy atom. The largest absolute Gasteiger partial charge is 0.481 e. The van der Waals surface area contributed by atoms with E-state index in [-0.39, 0.29) is 5.92 Å². The number of hydrogen-bond acceptors (Lipinski definition) is 2. The highest BCUT2D eigenvalue weighted by molar-refractivity contribution is 5.73. The first kappa shape index (κ1) is 23.2.